The summed E-state index contributed by atoms with van der Waals surface area (Å²) in [6.07, 6.45) is -0.654. The molecular weight excluding hydrogens is 462 g/mol. The lowest BCUT2D eigenvalue weighted by Gasteiger charge is -2.23. The van der Waals surface area contributed by atoms with Gasteiger partial charge in [0.05, 0.1) is 34.8 Å². The lowest BCUT2D eigenvalue weighted by Crippen LogP contribution is -2.37. The molecule has 0 radical (unpaired) electrons. The summed E-state index contributed by atoms with van der Waals surface area (Å²) in [6.45, 7) is 6.94. The molecule has 3 amide bonds. The highest BCUT2D eigenvalue weighted by molar-refractivity contribution is 6.35. The maximum atomic E-state index is 13.6. The first-order valence-corrected chi connectivity index (χ1v) is 10.8. The number of fused-ring (bicyclic) bond motifs is 1. The molecule has 11 heteroatoms. The van der Waals surface area contributed by atoms with Gasteiger partial charge in [-0.25, -0.2) is 20.1 Å². The molecule has 1 atom stereocenters. The van der Waals surface area contributed by atoms with E-state index < -0.39 is 29.3 Å². The zero-order valence-electron chi connectivity index (χ0n) is 19.4. The summed E-state index contributed by atoms with van der Waals surface area (Å²) in [4.78, 5) is 47.1. The van der Waals surface area contributed by atoms with Gasteiger partial charge in [-0.2, -0.15) is 0 Å². The molecule has 0 aliphatic carbocycles. The summed E-state index contributed by atoms with van der Waals surface area (Å²) < 4.78 is 6.69. The van der Waals surface area contributed by atoms with Gasteiger partial charge in [0.2, 0.25) is 0 Å². The number of nitrogens with zero attached hydrogens (tertiary/aromatic N) is 2. The zero-order valence-corrected chi connectivity index (χ0v) is 20.2. The van der Waals surface area contributed by atoms with Crippen molar-refractivity contribution in [3.8, 4) is 5.69 Å². The number of hydrogen-bond acceptors (Lipinski definition) is 6. The van der Waals surface area contributed by atoms with Crippen molar-refractivity contribution in [2.75, 3.05) is 12.4 Å². The van der Waals surface area contributed by atoms with Gasteiger partial charge in [0.1, 0.15) is 11.4 Å². The Morgan fingerprint density at radius 3 is 2.53 bits per heavy atom. The minimum atomic E-state index is -0.709. The number of benzene rings is 2. The summed E-state index contributed by atoms with van der Waals surface area (Å²) in [5.74, 6) is 0.254. The number of carbonyl (C=O) groups is 2. The second-order valence-corrected chi connectivity index (χ2v) is 8.83. The van der Waals surface area contributed by atoms with Crippen molar-refractivity contribution in [3.63, 3.8) is 0 Å². The number of urea groups is 1. The fraction of sp³-hybridized carbons (Fsp3) is 0.304. The van der Waals surface area contributed by atoms with Gasteiger partial charge in [-0.3, -0.25) is 14.2 Å². The molecule has 3 rings (SSSR count). The number of hydroxylamine groups is 1. The molecule has 1 heterocycles. The summed E-state index contributed by atoms with van der Waals surface area (Å²) >= 11 is 6.32. The van der Waals surface area contributed by atoms with Crippen LogP contribution in [0, 0.1) is 0 Å². The van der Waals surface area contributed by atoms with Crippen LogP contribution in [0.4, 0.5) is 15.3 Å². The number of rotatable bonds is 5. The Morgan fingerprint density at radius 2 is 1.85 bits per heavy atom. The number of alkyl carbamates (subject to hydrolysis) is 1. The quantitative estimate of drug-likeness (QED) is 0.461. The third-order valence-electron chi connectivity index (χ3n) is 4.55. The van der Waals surface area contributed by atoms with E-state index in [1.54, 1.807) is 70.2 Å². The highest BCUT2D eigenvalue weighted by atomic mass is 35.5. The average molecular weight is 488 g/mol. The predicted molar refractivity (Wildman–Crippen MR) is 129 cm³/mol. The van der Waals surface area contributed by atoms with E-state index in [9.17, 15) is 14.4 Å². The van der Waals surface area contributed by atoms with Crippen molar-refractivity contribution in [2.24, 2.45) is 0 Å². The molecule has 1 aromatic heterocycles. The second kappa shape index (κ2) is 10.1. The fourth-order valence-electron chi connectivity index (χ4n) is 3.27. The number of aromatic nitrogens is 2. The first kappa shape index (κ1) is 25.0. The number of anilines is 1. The Kier molecular flexibility index (Phi) is 7.43. The lowest BCUT2D eigenvalue weighted by molar-refractivity contribution is 0.0505. The molecule has 2 aromatic carbocycles. The van der Waals surface area contributed by atoms with Crippen LogP contribution in [-0.4, -0.2) is 34.4 Å². The Balaban J connectivity index is 2.14. The number of halogens is 1. The third kappa shape index (κ3) is 5.83. The van der Waals surface area contributed by atoms with E-state index >= 15 is 0 Å². The van der Waals surface area contributed by atoms with Crippen LogP contribution in [0.25, 0.3) is 16.6 Å². The maximum Gasteiger partial charge on any atom is 0.408 e. The van der Waals surface area contributed by atoms with Crippen LogP contribution in [0.2, 0.25) is 5.02 Å². The van der Waals surface area contributed by atoms with E-state index in [-0.39, 0.29) is 16.2 Å². The van der Waals surface area contributed by atoms with Gasteiger partial charge in [0.25, 0.3) is 5.56 Å². The van der Waals surface area contributed by atoms with Gasteiger partial charge in [-0.1, -0.05) is 23.7 Å². The lowest BCUT2D eigenvalue weighted by atomic mass is 10.2. The van der Waals surface area contributed by atoms with Gasteiger partial charge >= 0.3 is 12.1 Å². The molecular formula is C23H26ClN5O5. The highest BCUT2D eigenvalue weighted by Gasteiger charge is 2.23. The van der Waals surface area contributed by atoms with Crippen LogP contribution >= 0.6 is 11.6 Å². The number of amides is 3. The van der Waals surface area contributed by atoms with Crippen LogP contribution in [0.1, 0.15) is 39.6 Å². The molecule has 0 fully saturated rings. The SMILES string of the molecule is CONC(=O)Nc1cccc(-n2c([C@H](C)NC(=O)OC(C)(C)C)nc3cccc(Cl)c3c2=O)c1. The van der Waals surface area contributed by atoms with Crippen molar-refractivity contribution in [3.05, 3.63) is 63.7 Å². The molecule has 0 bridgehead atoms. The van der Waals surface area contributed by atoms with Crippen LogP contribution in [0.15, 0.2) is 47.3 Å². The molecule has 0 aliphatic rings. The van der Waals surface area contributed by atoms with E-state index in [4.69, 9.17) is 16.3 Å². The van der Waals surface area contributed by atoms with E-state index in [2.05, 4.69) is 25.9 Å². The molecule has 0 unspecified atom stereocenters. The first-order valence-electron chi connectivity index (χ1n) is 10.4. The molecule has 0 spiro atoms. The normalized spacial score (nSPS) is 12.2. The van der Waals surface area contributed by atoms with Crippen LogP contribution < -0.4 is 21.7 Å². The van der Waals surface area contributed by atoms with Gasteiger partial charge < -0.3 is 15.4 Å². The largest absolute Gasteiger partial charge is 0.444 e. The summed E-state index contributed by atoms with van der Waals surface area (Å²) in [5.41, 5.74) is 2.22. The second-order valence-electron chi connectivity index (χ2n) is 8.42. The predicted octanol–water partition coefficient (Wildman–Crippen LogP) is 4.31. The van der Waals surface area contributed by atoms with Crippen molar-refractivity contribution in [2.45, 2.75) is 39.3 Å². The van der Waals surface area contributed by atoms with Gasteiger partial charge in [-0.15, -0.1) is 0 Å². The first-order chi connectivity index (χ1) is 16.0. The zero-order chi connectivity index (χ0) is 25.0. The third-order valence-corrected chi connectivity index (χ3v) is 4.87. The van der Waals surface area contributed by atoms with Gasteiger partial charge in [0, 0.05) is 5.69 Å². The van der Waals surface area contributed by atoms with Crippen LogP contribution in [-0.2, 0) is 9.57 Å². The molecule has 180 valence electrons. The molecule has 10 nitrogen and oxygen atoms in total. The Hall–Kier alpha value is -3.63. The Labute approximate surface area is 201 Å². The minimum absolute atomic E-state index is 0.230. The highest BCUT2D eigenvalue weighted by Crippen LogP contribution is 2.24. The van der Waals surface area contributed by atoms with Gasteiger partial charge in [-0.05, 0) is 58.0 Å². The van der Waals surface area contributed by atoms with Crippen molar-refractivity contribution in [1.29, 1.82) is 0 Å². The molecule has 0 saturated heterocycles. The Bertz CT molecular complexity index is 1280. The van der Waals surface area contributed by atoms with Gasteiger partial charge in [0.15, 0.2) is 0 Å². The number of ether oxygens (including phenoxy) is 1. The van der Waals surface area contributed by atoms with Crippen LogP contribution in [0.3, 0.4) is 0 Å². The standard InChI is InChI=1S/C23H26ClN5O5/c1-13(25-22(32)34-23(2,3)4)19-27-17-11-7-10-16(24)18(17)20(30)29(19)15-9-6-8-14(12-15)26-21(31)28-33-5/h6-13H,1-5H3,(H,25,32)(H2,26,28,31)/t13-/m0/s1. The smallest absolute Gasteiger partial charge is 0.408 e. The fourth-order valence-corrected chi connectivity index (χ4v) is 3.52. The Morgan fingerprint density at radius 1 is 1.15 bits per heavy atom. The minimum Gasteiger partial charge on any atom is -0.444 e. The maximum absolute atomic E-state index is 13.6. The van der Waals surface area contributed by atoms with Crippen molar-refractivity contribution >= 4 is 40.3 Å². The number of nitrogens with one attached hydrogen (secondary N) is 3. The van der Waals surface area contributed by atoms with E-state index in [1.807, 2.05) is 0 Å². The molecule has 3 N–H and O–H groups in total. The van der Waals surface area contributed by atoms with Crippen molar-refractivity contribution < 1.29 is 19.2 Å². The molecule has 34 heavy (non-hydrogen) atoms. The number of hydrogen-bond donors (Lipinski definition) is 3. The van der Waals surface area contributed by atoms with Crippen molar-refractivity contribution in [1.82, 2.24) is 20.3 Å². The topological polar surface area (TPSA) is 124 Å². The summed E-state index contributed by atoms with van der Waals surface area (Å²) in [6, 6.07) is 10.2. The molecule has 3 aromatic rings. The monoisotopic (exact) mass is 487 g/mol. The van der Waals surface area contributed by atoms with E-state index in [1.165, 1.54) is 11.7 Å². The summed E-state index contributed by atoms with van der Waals surface area (Å²) in [5, 5.41) is 5.80. The van der Waals surface area contributed by atoms with E-state index in [0.717, 1.165) is 0 Å². The van der Waals surface area contributed by atoms with E-state index in [0.29, 0.717) is 16.9 Å². The molecule has 0 aliphatic heterocycles. The number of carbonyl (C=O) groups excluding carboxylic acids is 2. The van der Waals surface area contributed by atoms with Crippen LogP contribution in [0.5, 0.6) is 0 Å². The summed E-state index contributed by atoms with van der Waals surface area (Å²) in [7, 11) is 1.31. The average Bonchev–Trinajstić information content (AvgIpc) is 2.72. The molecule has 0 saturated carbocycles.